The van der Waals surface area contributed by atoms with Crippen LogP contribution in [0.1, 0.15) is 31.7 Å². The quantitative estimate of drug-likeness (QED) is 0.712. The average Bonchev–Trinajstić information content (AvgIpc) is 2.33. The molecule has 1 rings (SSSR count). The molecule has 0 atom stereocenters. The van der Waals surface area contributed by atoms with Crippen molar-refractivity contribution >= 4 is 11.6 Å². The summed E-state index contributed by atoms with van der Waals surface area (Å²) < 4.78 is 5.28. The molecule has 0 radical (unpaired) electrons. The summed E-state index contributed by atoms with van der Waals surface area (Å²) in [7, 11) is 1.69. The van der Waals surface area contributed by atoms with E-state index >= 15 is 0 Å². The molecule has 1 heterocycles. The van der Waals surface area contributed by atoms with E-state index in [1.54, 1.807) is 7.11 Å². The second-order valence-corrected chi connectivity index (χ2v) is 5.12. The molecule has 1 aromatic heterocycles. The fourth-order valence-electron chi connectivity index (χ4n) is 1.89. The molecule has 0 aromatic carbocycles. The first-order chi connectivity index (χ1) is 8.56. The zero-order valence-electron chi connectivity index (χ0n) is 11.7. The largest absolute Gasteiger partial charge is 0.497 e. The van der Waals surface area contributed by atoms with E-state index in [-0.39, 0.29) is 0 Å². The van der Waals surface area contributed by atoms with Gasteiger partial charge in [0.25, 0.3) is 0 Å². The van der Waals surface area contributed by atoms with Crippen LogP contribution in [-0.2, 0) is 6.54 Å². The standard InChI is InChI=1S/C14H23ClN2O/c1-11(2)17(7-5-6-15)10-13-9-14(18-4)8-12(3)16-13/h8-9,11H,5-7,10H2,1-4H3. The van der Waals surface area contributed by atoms with Gasteiger partial charge in [-0.2, -0.15) is 0 Å². The lowest BCUT2D eigenvalue weighted by Gasteiger charge is -2.26. The fourth-order valence-corrected chi connectivity index (χ4v) is 2.01. The predicted molar refractivity (Wildman–Crippen MR) is 76.4 cm³/mol. The maximum Gasteiger partial charge on any atom is 0.122 e. The van der Waals surface area contributed by atoms with E-state index in [2.05, 4.69) is 23.7 Å². The van der Waals surface area contributed by atoms with E-state index in [0.717, 1.165) is 36.6 Å². The number of halogens is 1. The van der Waals surface area contributed by atoms with Crippen molar-refractivity contribution < 1.29 is 4.74 Å². The fraction of sp³-hybridized carbons (Fsp3) is 0.643. The normalized spacial score (nSPS) is 11.3. The average molecular weight is 271 g/mol. The van der Waals surface area contributed by atoms with Crippen LogP contribution < -0.4 is 4.74 Å². The molecule has 18 heavy (non-hydrogen) atoms. The minimum Gasteiger partial charge on any atom is -0.497 e. The summed E-state index contributed by atoms with van der Waals surface area (Å²) in [6, 6.07) is 4.44. The SMILES string of the molecule is COc1cc(C)nc(CN(CCCCl)C(C)C)c1. The van der Waals surface area contributed by atoms with Gasteiger partial charge in [-0.25, -0.2) is 0 Å². The molecule has 0 aliphatic rings. The van der Waals surface area contributed by atoms with Crippen molar-refractivity contribution in [1.82, 2.24) is 9.88 Å². The van der Waals surface area contributed by atoms with Gasteiger partial charge in [-0.15, -0.1) is 11.6 Å². The molecule has 1 aromatic rings. The van der Waals surface area contributed by atoms with Crippen LogP contribution in [0.3, 0.4) is 0 Å². The first-order valence-electron chi connectivity index (χ1n) is 6.38. The zero-order valence-corrected chi connectivity index (χ0v) is 12.5. The third kappa shape index (κ3) is 4.83. The van der Waals surface area contributed by atoms with Crippen molar-refractivity contribution in [3.8, 4) is 5.75 Å². The first kappa shape index (κ1) is 15.3. The highest BCUT2D eigenvalue weighted by atomic mass is 35.5. The maximum atomic E-state index is 5.76. The highest BCUT2D eigenvalue weighted by Gasteiger charge is 2.11. The third-order valence-electron chi connectivity index (χ3n) is 2.89. The Morgan fingerprint density at radius 2 is 2.11 bits per heavy atom. The lowest BCUT2D eigenvalue weighted by atomic mass is 10.2. The van der Waals surface area contributed by atoms with E-state index in [9.17, 15) is 0 Å². The number of rotatable bonds is 7. The van der Waals surface area contributed by atoms with Gasteiger partial charge >= 0.3 is 0 Å². The molecule has 0 N–H and O–H groups in total. The molecule has 0 unspecified atom stereocenters. The van der Waals surface area contributed by atoms with Crippen molar-refractivity contribution in [2.75, 3.05) is 19.5 Å². The minimum atomic E-state index is 0.488. The molecule has 3 nitrogen and oxygen atoms in total. The Labute approximate surface area is 115 Å². The highest BCUT2D eigenvalue weighted by molar-refractivity contribution is 6.17. The van der Waals surface area contributed by atoms with Gasteiger partial charge in [0.2, 0.25) is 0 Å². The number of pyridine rings is 1. The Kier molecular flexibility index (Phi) is 6.44. The van der Waals surface area contributed by atoms with E-state index in [0.29, 0.717) is 11.9 Å². The second kappa shape index (κ2) is 7.59. The van der Waals surface area contributed by atoms with Gasteiger partial charge < -0.3 is 4.74 Å². The number of alkyl halides is 1. The van der Waals surface area contributed by atoms with Crippen LogP contribution in [0.4, 0.5) is 0 Å². The van der Waals surface area contributed by atoms with Crippen LogP contribution in [0.2, 0.25) is 0 Å². The number of aryl methyl sites for hydroxylation is 1. The highest BCUT2D eigenvalue weighted by Crippen LogP contribution is 2.16. The lowest BCUT2D eigenvalue weighted by Crippen LogP contribution is -2.32. The number of methoxy groups -OCH3 is 1. The van der Waals surface area contributed by atoms with Gasteiger partial charge in [0.15, 0.2) is 0 Å². The molecule has 4 heteroatoms. The monoisotopic (exact) mass is 270 g/mol. The number of ether oxygens (including phenoxy) is 1. The van der Waals surface area contributed by atoms with Crippen LogP contribution in [0, 0.1) is 6.92 Å². The van der Waals surface area contributed by atoms with Crippen molar-refractivity contribution in [1.29, 1.82) is 0 Å². The Morgan fingerprint density at radius 1 is 1.39 bits per heavy atom. The van der Waals surface area contributed by atoms with Crippen molar-refractivity contribution in [2.45, 2.75) is 39.8 Å². The van der Waals surface area contributed by atoms with Gasteiger partial charge in [0.05, 0.1) is 12.8 Å². The van der Waals surface area contributed by atoms with Crippen LogP contribution >= 0.6 is 11.6 Å². The Morgan fingerprint density at radius 3 is 2.67 bits per heavy atom. The summed E-state index contributed by atoms with van der Waals surface area (Å²) >= 11 is 5.76. The van der Waals surface area contributed by atoms with Gasteiger partial charge in [0.1, 0.15) is 5.75 Å². The summed E-state index contributed by atoms with van der Waals surface area (Å²) in [5, 5.41) is 0. The molecule has 0 amide bonds. The third-order valence-corrected chi connectivity index (χ3v) is 3.16. The van der Waals surface area contributed by atoms with Crippen LogP contribution in [-0.4, -0.2) is 35.5 Å². The number of hydrogen-bond donors (Lipinski definition) is 0. The van der Waals surface area contributed by atoms with Gasteiger partial charge in [-0.1, -0.05) is 0 Å². The molecule has 0 aliphatic heterocycles. The first-order valence-corrected chi connectivity index (χ1v) is 6.91. The summed E-state index contributed by atoms with van der Waals surface area (Å²) in [5.74, 6) is 1.58. The topological polar surface area (TPSA) is 25.4 Å². The second-order valence-electron chi connectivity index (χ2n) is 4.75. The number of aromatic nitrogens is 1. The smallest absolute Gasteiger partial charge is 0.122 e. The molecular formula is C14H23ClN2O. The molecule has 0 saturated carbocycles. The number of hydrogen-bond acceptors (Lipinski definition) is 3. The van der Waals surface area contributed by atoms with Crippen molar-refractivity contribution in [3.63, 3.8) is 0 Å². The van der Waals surface area contributed by atoms with Gasteiger partial charge in [0, 0.05) is 36.3 Å². The van der Waals surface area contributed by atoms with Crippen LogP contribution in [0.15, 0.2) is 12.1 Å². The van der Waals surface area contributed by atoms with Gasteiger partial charge in [-0.05, 0) is 33.7 Å². The predicted octanol–water partition coefficient (Wildman–Crippen LogP) is 3.24. The lowest BCUT2D eigenvalue weighted by molar-refractivity contribution is 0.211. The molecule has 0 saturated heterocycles. The van der Waals surface area contributed by atoms with Crippen LogP contribution in [0.5, 0.6) is 5.75 Å². The van der Waals surface area contributed by atoms with Crippen molar-refractivity contribution in [3.05, 3.63) is 23.5 Å². The molecular weight excluding hydrogens is 248 g/mol. The zero-order chi connectivity index (χ0) is 13.5. The Balaban J connectivity index is 2.76. The Hall–Kier alpha value is -0.800. The molecule has 0 aliphatic carbocycles. The van der Waals surface area contributed by atoms with E-state index in [1.165, 1.54) is 0 Å². The van der Waals surface area contributed by atoms with E-state index < -0.39 is 0 Å². The number of nitrogens with zero attached hydrogens (tertiary/aromatic N) is 2. The maximum absolute atomic E-state index is 5.76. The van der Waals surface area contributed by atoms with Gasteiger partial charge in [-0.3, -0.25) is 9.88 Å². The summed E-state index contributed by atoms with van der Waals surface area (Å²) in [5.41, 5.74) is 2.04. The molecule has 0 fully saturated rings. The molecule has 0 spiro atoms. The summed E-state index contributed by atoms with van der Waals surface area (Å²) in [4.78, 5) is 6.94. The van der Waals surface area contributed by atoms with E-state index in [1.807, 2.05) is 19.1 Å². The minimum absolute atomic E-state index is 0.488. The van der Waals surface area contributed by atoms with Crippen molar-refractivity contribution in [2.24, 2.45) is 0 Å². The Bertz CT molecular complexity index is 369. The molecule has 0 bridgehead atoms. The molecule has 102 valence electrons. The van der Waals surface area contributed by atoms with Crippen LogP contribution in [0.25, 0.3) is 0 Å². The summed E-state index contributed by atoms with van der Waals surface area (Å²) in [6.07, 6.45) is 1.00. The van der Waals surface area contributed by atoms with E-state index in [4.69, 9.17) is 16.3 Å². The summed E-state index contributed by atoms with van der Waals surface area (Å²) in [6.45, 7) is 8.22.